The number of piperidine rings is 1. The summed E-state index contributed by atoms with van der Waals surface area (Å²) in [6, 6.07) is 10.0. The summed E-state index contributed by atoms with van der Waals surface area (Å²) in [7, 11) is 0. The van der Waals surface area contributed by atoms with Gasteiger partial charge in [-0.1, -0.05) is 12.1 Å². The molecular weight excluding hydrogens is 318 g/mol. The normalized spacial score (nSPS) is 24.6. The third kappa shape index (κ3) is 3.23. The average molecular weight is 341 g/mol. The fourth-order valence-electron chi connectivity index (χ4n) is 4.15. The van der Waals surface area contributed by atoms with Crippen molar-refractivity contribution in [3.8, 4) is 0 Å². The van der Waals surface area contributed by atoms with E-state index in [-0.39, 0.29) is 11.3 Å². The van der Waals surface area contributed by atoms with Gasteiger partial charge in [0, 0.05) is 37.8 Å². The van der Waals surface area contributed by atoms with E-state index >= 15 is 0 Å². The van der Waals surface area contributed by atoms with E-state index in [1.807, 2.05) is 29.8 Å². The molecule has 0 N–H and O–H groups in total. The Bertz CT molecular complexity index is 688. The van der Waals surface area contributed by atoms with Crippen LogP contribution in [0.4, 0.5) is 0 Å². The van der Waals surface area contributed by atoms with E-state index in [4.69, 9.17) is 0 Å². The lowest BCUT2D eigenvalue weighted by atomic mass is 9.79. The number of thiophene rings is 1. The summed E-state index contributed by atoms with van der Waals surface area (Å²) < 4.78 is 0. The van der Waals surface area contributed by atoms with Crippen LogP contribution in [0.1, 0.15) is 34.6 Å². The molecule has 4 nitrogen and oxygen atoms in total. The third-order valence-electron chi connectivity index (χ3n) is 5.31. The lowest BCUT2D eigenvalue weighted by Crippen LogP contribution is -2.47. The van der Waals surface area contributed by atoms with Crippen molar-refractivity contribution in [2.75, 3.05) is 26.2 Å². The number of rotatable bonds is 3. The molecule has 4 heterocycles. The molecule has 0 aromatic carbocycles. The molecule has 1 amide bonds. The summed E-state index contributed by atoms with van der Waals surface area (Å²) in [4.78, 5) is 22.6. The maximum Gasteiger partial charge on any atom is 0.263 e. The van der Waals surface area contributed by atoms with Crippen LogP contribution in [0.5, 0.6) is 0 Å². The van der Waals surface area contributed by atoms with Crippen molar-refractivity contribution in [1.82, 2.24) is 14.8 Å². The Balaban J connectivity index is 1.41. The van der Waals surface area contributed by atoms with E-state index in [0.29, 0.717) is 0 Å². The van der Waals surface area contributed by atoms with Gasteiger partial charge in [0.15, 0.2) is 0 Å². The molecule has 1 atom stereocenters. The summed E-state index contributed by atoms with van der Waals surface area (Å²) in [6.45, 7) is 4.91. The predicted octanol–water partition coefficient (Wildman–Crippen LogP) is 3.27. The van der Waals surface area contributed by atoms with Gasteiger partial charge < -0.3 is 4.90 Å². The Hall–Kier alpha value is -1.72. The van der Waals surface area contributed by atoms with Crippen molar-refractivity contribution >= 4 is 17.2 Å². The number of likely N-dealkylation sites (tertiary alicyclic amines) is 2. The third-order valence-corrected chi connectivity index (χ3v) is 6.17. The van der Waals surface area contributed by atoms with Gasteiger partial charge >= 0.3 is 0 Å². The van der Waals surface area contributed by atoms with Gasteiger partial charge in [-0.15, -0.1) is 11.3 Å². The number of carbonyl (C=O) groups excluding carboxylic acids is 1. The molecule has 2 aromatic rings. The average Bonchev–Trinajstić information content (AvgIpc) is 3.26. The molecule has 2 aliphatic heterocycles. The van der Waals surface area contributed by atoms with Crippen LogP contribution in [0.3, 0.4) is 0 Å². The highest BCUT2D eigenvalue weighted by molar-refractivity contribution is 7.12. The number of pyridine rings is 1. The Morgan fingerprint density at radius 2 is 2.12 bits per heavy atom. The number of amides is 1. The van der Waals surface area contributed by atoms with Crippen molar-refractivity contribution in [1.29, 1.82) is 0 Å². The first-order valence-corrected chi connectivity index (χ1v) is 9.57. The zero-order valence-electron chi connectivity index (χ0n) is 13.9. The molecular formula is C19H23N3OS. The van der Waals surface area contributed by atoms with Crippen LogP contribution in [0.25, 0.3) is 0 Å². The fourth-order valence-corrected chi connectivity index (χ4v) is 4.84. The van der Waals surface area contributed by atoms with Crippen molar-refractivity contribution in [3.05, 3.63) is 52.5 Å². The van der Waals surface area contributed by atoms with E-state index in [9.17, 15) is 4.79 Å². The smallest absolute Gasteiger partial charge is 0.263 e. The van der Waals surface area contributed by atoms with Gasteiger partial charge in [0.2, 0.25) is 0 Å². The zero-order chi connectivity index (χ0) is 16.4. The molecule has 5 heteroatoms. The second-order valence-corrected chi connectivity index (χ2v) is 8.04. The maximum atomic E-state index is 12.7. The lowest BCUT2D eigenvalue weighted by Gasteiger charge is -2.40. The Kier molecular flexibility index (Phi) is 4.37. The monoisotopic (exact) mass is 341 g/mol. The molecule has 126 valence electrons. The van der Waals surface area contributed by atoms with Gasteiger partial charge in [0.05, 0.1) is 10.6 Å². The molecule has 1 spiro atoms. The predicted molar refractivity (Wildman–Crippen MR) is 96.0 cm³/mol. The van der Waals surface area contributed by atoms with E-state index < -0.39 is 0 Å². The molecule has 0 aliphatic carbocycles. The highest BCUT2D eigenvalue weighted by Crippen LogP contribution is 2.39. The van der Waals surface area contributed by atoms with Crippen LogP contribution >= 0.6 is 11.3 Å². The molecule has 0 saturated carbocycles. The number of hydrogen-bond donors (Lipinski definition) is 0. The maximum absolute atomic E-state index is 12.7. The standard InChI is InChI=1S/C19H23N3OS/c23-18(17-6-3-12-24-17)22-10-4-7-19(15-22)8-11-21(14-19)13-16-5-1-2-9-20-16/h1-3,5-6,9,12H,4,7-8,10-11,13-15H2. The Morgan fingerprint density at radius 1 is 1.17 bits per heavy atom. The van der Waals surface area contributed by atoms with Crippen molar-refractivity contribution in [3.63, 3.8) is 0 Å². The number of hydrogen-bond acceptors (Lipinski definition) is 4. The van der Waals surface area contributed by atoms with Crippen LogP contribution < -0.4 is 0 Å². The highest BCUT2D eigenvalue weighted by Gasteiger charge is 2.42. The van der Waals surface area contributed by atoms with Gasteiger partial charge in [0.25, 0.3) is 5.91 Å². The topological polar surface area (TPSA) is 36.4 Å². The molecule has 2 fully saturated rings. The van der Waals surface area contributed by atoms with E-state index in [2.05, 4.69) is 26.9 Å². The molecule has 1 unspecified atom stereocenters. The second-order valence-electron chi connectivity index (χ2n) is 7.09. The van der Waals surface area contributed by atoms with Crippen molar-refractivity contribution in [2.24, 2.45) is 5.41 Å². The first kappa shape index (κ1) is 15.8. The van der Waals surface area contributed by atoms with E-state index in [1.165, 1.54) is 12.8 Å². The van der Waals surface area contributed by atoms with Gasteiger partial charge in [-0.2, -0.15) is 0 Å². The lowest BCUT2D eigenvalue weighted by molar-refractivity contribution is 0.0531. The summed E-state index contributed by atoms with van der Waals surface area (Å²) in [5, 5.41) is 1.98. The fraction of sp³-hybridized carbons (Fsp3) is 0.474. The summed E-state index contributed by atoms with van der Waals surface area (Å²) >= 11 is 1.55. The summed E-state index contributed by atoms with van der Waals surface area (Å²) in [5.41, 5.74) is 1.41. The number of nitrogens with zero attached hydrogens (tertiary/aromatic N) is 3. The molecule has 24 heavy (non-hydrogen) atoms. The van der Waals surface area contributed by atoms with Crippen molar-refractivity contribution in [2.45, 2.75) is 25.8 Å². The van der Waals surface area contributed by atoms with Gasteiger partial charge in [-0.3, -0.25) is 14.7 Å². The molecule has 0 bridgehead atoms. The van der Waals surface area contributed by atoms with Crippen LogP contribution in [0.2, 0.25) is 0 Å². The molecule has 2 saturated heterocycles. The van der Waals surface area contributed by atoms with E-state index in [0.717, 1.165) is 49.7 Å². The zero-order valence-corrected chi connectivity index (χ0v) is 14.7. The molecule has 0 radical (unpaired) electrons. The molecule has 2 aliphatic rings. The van der Waals surface area contributed by atoms with Crippen LogP contribution in [-0.4, -0.2) is 46.9 Å². The molecule has 4 rings (SSSR count). The second kappa shape index (κ2) is 6.65. The van der Waals surface area contributed by atoms with Gasteiger partial charge in [0.1, 0.15) is 0 Å². The van der Waals surface area contributed by atoms with E-state index in [1.54, 1.807) is 11.3 Å². The highest BCUT2D eigenvalue weighted by atomic mass is 32.1. The first-order chi connectivity index (χ1) is 11.7. The van der Waals surface area contributed by atoms with Crippen LogP contribution in [0.15, 0.2) is 41.9 Å². The quantitative estimate of drug-likeness (QED) is 0.860. The number of aromatic nitrogens is 1. The molecule has 2 aromatic heterocycles. The van der Waals surface area contributed by atoms with Gasteiger partial charge in [-0.25, -0.2) is 0 Å². The van der Waals surface area contributed by atoms with Crippen molar-refractivity contribution < 1.29 is 4.79 Å². The minimum atomic E-state index is 0.215. The largest absolute Gasteiger partial charge is 0.337 e. The first-order valence-electron chi connectivity index (χ1n) is 8.69. The van der Waals surface area contributed by atoms with Gasteiger partial charge in [-0.05, 0) is 49.4 Å². The Morgan fingerprint density at radius 3 is 2.92 bits per heavy atom. The minimum Gasteiger partial charge on any atom is -0.337 e. The minimum absolute atomic E-state index is 0.215. The van der Waals surface area contributed by atoms with Crippen LogP contribution in [0, 0.1) is 5.41 Å². The number of carbonyl (C=O) groups is 1. The SMILES string of the molecule is O=C(c1cccs1)N1CCCC2(CCN(Cc3ccccn3)C2)C1. The Labute approximate surface area is 147 Å². The summed E-state index contributed by atoms with van der Waals surface area (Å²) in [6.07, 6.45) is 5.41. The van der Waals surface area contributed by atoms with Crippen LogP contribution in [-0.2, 0) is 6.54 Å². The summed E-state index contributed by atoms with van der Waals surface area (Å²) in [5.74, 6) is 0.215.